The van der Waals surface area contributed by atoms with Crippen LogP contribution < -0.4 is 5.30 Å². The van der Waals surface area contributed by atoms with Crippen LogP contribution in [-0.2, 0) is 9.09 Å². The van der Waals surface area contributed by atoms with E-state index in [0.717, 1.165) is 16.7 Å². The summed E-state index contributed by atoms with van der Waals surface area (Å²) in [6.45, 7) is 5.69. The Balaban J connectivity index is 0.00000220. The number of hydrogen-bond donors (Lipinski definition) is 0. The van der Waals surface area contributed by atoms with Crippen molar-refractivity contribution in [2.45, 2.75) is 20.8 Å². The van der Waals surface area contributed by atoms with Gasteiger partial charge in [-0.25, -0.2) is 4.79 Å². The van der Waals surface area contributed by atoms with Crippen LogP contribution in [0, 0.1) is 20.8 Å². The molecule has 0 spiro atoms. The second kappa shape index (κ2) is 7.66. The van der Waals surface area contributed by atoms with Crippen LogP contribution in [0.2, 0.25) is 0 Å². The third-order valence-corrected chi connectivity index (χ3v) is 4.25. The van der Waals surface area contributed by atoms with Crippen LogP contribution in [0.5, 0.6) is 0 Å². The Hall–Kier alpha value is -1.26. The molecule has 0 saturated carbocycles. The van der Waals surface area contributed by atoms with Crippen LogP contribution >= 0.6 is 8.03 Å². The van der Waals surface area contributed by atoms with Crippen molar-refractivity contribution in [1.82, 2.24) is 0 Å². The van der Waals surface area contributed by atoms with Gasteiger partial charge in [0.15, 0.2) is 0 Å². The summed E-state index contributed by atoms with van der Waals surface area (Å²) in [5, 5.41) is 0.549. The van der Waals surface area contributed by atoms with Crippen molar-refractivity contribution in [3.05, 3.63) is 64.7 Å². The number of carbonyl (C=O) groups is 1. The fourth-order valence-electron chi connectivity index (χ4n) is 2.27. The summed E-state index contributed by atoms with van der Waals surface area (Å²) in [6.07, 6.45) is 0. The molecule has 0 aromatic heterocycles. The quantitative estimate of drug-likeness (QED) is 0.646. The van der Waals surface area contributed by atoms with Gasteiger partial charge in [0.2, 0.25) is 0 Å². The van der Waals surface area contributed by atoms with Gasteiger partial charge in [0.25, 0.3) is 8.03 Å². The van der Waals surface area contributed by atoms with Gasteiger partial charge < -0.3 is 4.52 Å². The topological polar surface area (TPSA) is 43.4 Å². The van der Waals surface area contributed by atoms with Crippen LogP contribution in [0.25, 0.3) is 0 Å². The van der Waals surface area contributed by atoms with E-state index in [1.165, 1.54) is 0 Å². The molecule has 1 unspecified atom stereocenters. The Kier molecular flexibility index (Phi) is 6.49. The van der Waals surface area contributed by atoms with Crippen molar-refractivity contribution in [3.63, 3.8) is 0 Å². The SMILES string of the molecule is Cc1cc(C)c(C(=O)O[PH](=O)c2ccccc2)c(C)c1.[LiH]. The van der Waals surface area contributed by atoms with Crippen molar-refractivity contribution in [2.75, 3.05) is 0 Å². The molecule has 0 aliphatic heterocycles. The fourth-order valence-corrected chi connectivity index (χ4v) is 3.12. The number of benzene rings is 2. The molecule has 106 valence electrons. The summed E-state index contributed by atoms with van der Waals surface area (Å²) < 4.78 is 17.2. The third kappa shape index (κ3) is 4.35. The van der Waals surface area contributed by atoms with E-state index >= 15 is 0 Å². The van der Waals surface area contributed by atoms with E-state index in [9.17, 15) is 9.36 Å². The van der Waals surface area contributed by atoms with Gasteiger partial charge in [-0.1, -0.05) is 35.9 Å². The van der Waals surface area contributed by atoms with E-state index in [4.69, 9.17) is 4.52 Å². The molecule has 0 heterocycles. The molecule has 2 rings (SSSR count). The van der Waals surface area contributed by atoms with Gasteiger partial charge in [-0.3, -0.25) is 4.57 Å². The molecular weight excluding hydrogens is 278 g/mol. The summed E-state index contributed by atoms with van der Waals surface area (Å²) in [4.78, 5) is 12.2. The van der Waals surface area contributed by atoms with E-state index in [0.29, 0.717) is 10.9 Å². The summed E-state index contributed by atoms with van der Waals surface area (Å²) in [5.41, 5.74) is 3.28. The van der Waals surface area contributed by atoms with E-state index in [1.54, 1.807) is 24.3 Å². The van der Waals surface area contributed by atoms with Crippen molar-refractivity contribution in [3.8, 4) is 0 Å². The van der Waals surface area contributed by atoms with Crippen LogP contribution in [-0.4, -0.2) is 24.8 Å². The first-order valence-electron chi connectivity index (χ1n) is 6.38. The van der Waals surface area contributed by atoms with Gasteiger partial charge in [0.05, 0.1) is 5.56 Å². The van der Waals surface area contributed by atoms with Gasteiger partial charge >= 0.3 is 24.8 Å². The molecule has 21 heavy (non-hydrogen) atoms. The third-order valence-electron chi connectivity index (χ3n) is 3.08. The summed E-state index contributed by atoms with van der Waals surface area (Å²) in [7, 11) is -2.56. The van der Waals surface area contributed by atoms with Gasteiger partial charge in [-0.05, 0) is 44.0 Å². The summed E-state index contributed by atoms with van der Waals surface area (Å²) in [5.74, 6) is -0.521. The zero-order valence-electron chi connectivity index (χ0n) is 11.8. The zero-order chi connectivity index (χ0) is 14.7. The fraction of sp³-hybridized carbons (Fsp3) is 0.188. The number of rotatable bonds is 3. The van der Waals surface area contributed by atoms with Crippen LogP contribution in [0.15, 0.2) is 42.5 Å². The van der Waals surface area contributed by atoms with E-state index in [1.807, 2.05) is 39.0 Å². The van der Waals surface area contributed by atoms with Crippen LogP contribution in [0.1, 0.15) is 27.0 Å². The van der Waals surface area contributed by atoms with E-state index in [-0.39, 0.29) is 18.9 Å². The standard InChI is InChI=1S/C16H17O3P.Li.H/c1-11-9-12(2)15(13(3)10-11)16(17)19-20(18)14-7-5-4-6-8-14;;/h4-10,20H,1-3H3;;. The molecule has 0 N–H and O–H groups in total. The van der Waals surface area contributed by atoms with Gasteiger partial charge in [0, 0.05) is 5.30 Å². The maximum atomic E-state index is 12.2. The second-order valence-electron chi connectivity index (χ2n) is 4.82. The van der Waals surface area contributed by atoms with Crippen molar-refractivity contribution >= 4 is 38.2 Å². The Labute approximate surface area is 137 Å². The molecule has 0 fully saturated rings. The average molecular weight is 296 g/mol. The molecule has 0 bridgehead atoms. The van der Waals surface area contributed by atoms with Crippen LogP contribution in [0.4, 0.5) is 0 Å². The molecule has 0 aliphatic carbocycles. The maximum absolute atomic E-state index is 12.2. The predicted octanol–water partition coefficient (Wildman–Crippen LogP) is 2.92. The van der Waals surface area contributed by atoms with Crippen molar-refractivity contribution in [2.24, 2.45) is 0 Å². The number of hydrogen-bond acceptors (Lipinski definition) is 3. The Morgan fingerprint density at radius 2 is 1.52 bits per heavy atom. The second-order valence-corrected chi connectivity index (χ2v) is 6.17. The first kappa shape index (κ1) is 17.8. The van der Waals surface area contributed by atoms with Crippen molar-refractivity contribution in [1.29, 1.82) is 0 Å². The van der Waals surface area contributed by atoms with Crippen LogP contribution in [0.3, 0.4) is 0 Å². The Bertz CT molecular complexity index is 645. The zero-order valence-corrected chi connectivity index (χ0v) is 12.8. The minimum absolute atomic E-state index is 0. The molecule has 5 heteroatoms. The molecule has 0 radical (unpaired) electrons. The number of carbonyl (C=O) groups excluding carboxylic acids is 1. The van der Waals surface area contributed by atoms with Gasteiger partial charge in [-0.15, -0.1) is 0 Å². The first-order chi connectivity index (χ1) is 9.49. The minimum atomic E-state index is -2.56. The van der Waals surface area contributed by atoms with E-state index in [2.05, 4.69) is 0 Å². The average Bonchev–Trinajstić information content (AvgIpc) is 2.38. The molecule has 2 aromatic rings. The van der Waals surface area contributed by atoms with Gasteiger partial charge in [0.1, 0.15) is 0 Å². The summed E-state index contributed by atoms with van der Waals surface area (Å²) in [6, 6.07) is 12.6. The normalized spacial score (nSPS) is 11.4. The first-order valence-corrected chi connectivity index (χ1v) is 7.70. The Morgan fingerprint density at radius 1 is 1.00 bits per heavy atom. The molecule has 3 nitrogen and oxygen atoms in total. The molecule has 0 amide bonds. The molecule has 0 aliphatic rings. The molecular formula is C16H18LiO3P. The molecule has 0 saturated heterocycles. The monoisotopic (exact) mass is 296 g/mol. The summed E-state index contributed by atoms with van der Waals surface area (Å²) >= 11 is 0. The molecule has 2 aromatic carbocycles. The number of aryl methyl sites for hydroxylation is 3. The predicted molar refractivity (Wildman–Crippen MR) is 88.3 cm³/mol. The van der Waals surface area contributed by atoms with Gasteiger partial charge in [-0.2, -0.15) is 0 Å². The van der Waals surface area contributed by atoms with Crippen molar-refractivity contribution < 1.29 is 13.9 Å². The van der Waals surface area contributed by atoms with E-state index < -0.39 is 14.0 Å². The Morgan fingerprint density at radius 3 is 2.05 bits per heavy atom. The molecule has 1 atom stereocenters.